The molecule has 1 aliphatic rings. The standard InChI is InChI=1S/C18H29BrN2/c1-13(2)12-21(16-6-4-5-7-16)18(11-20)15-8-9-17(19)14(3)10-15/h8-10,13,16,18H,4-7,11-12,20H2,1-3H3. The summed E-state index contributed by atoms with van der Waals surface area (Å²) in [4.78, 5) is 2.68. The van der Waals surface area contributed by atoms with E-state index < -0.39 is 0 Å². The third kappa shape index (κ3) is 4.30. The van der Waals surface area contributed by atoms with Crippen LogP contribution in [0.1, 0.15) is 56.7 Å². The summed E-state index contributed by atoms with van der Waals surface area (Å²) < 4.78 is 1.18. The molecule has 0 radical (unpaired) electrons. The maximum absolute atomic E-state index is 6.18. The highest BCUT2D eigenvalue weighted by molar-refractivity contribution is 9.10. The zero-order valence-corrected chi connectivity index (χ0v) is 15.2. The number of nitrogens with two attached hydrogens (primary N) is 1. The van der Waals surface area contributed by atoms with Crippen molar-refractivity contribution in [2.45, 2.75) is 58.5 Å². The molecule has 21 heavy (non-hydrogen) atoms. The highest BCUT2D eigenvalue weighted by Crippen LogP contribution is 2.32. The molecule has 118 valence electrons. The van der Waals surface area contributed by atoms with Gasteiger partial charge in [-0.3, -0.25) is 4.90 Å². The van der Waals surface area contributed by atoms with E-state index in [1.54, 1.807) is 0 Å². The zero-order chi connectivity index (χ0) is 15.4. The molecule has 1 fully saturated rings. The van der Waals surface area contributed by atoms with E-state index in [0.717, 1.165) is 6.54 Å². The molecule has 0 bridgehead atoms. The Morgan fingerprint density at radius 2 is 1.95 bits per heavy atom. The molecule has 0 aliphatic heterocycles. The van der Waals surface area contributed by atoms with Crippen molar-refractivity contribution in [3.63, 3.8) is 0 Å². The molecular formula is C18H29BrN2. The lowest BCUT2D eigenvalue weighted by Gasteiger charge is -2.37. The lowest BCUT2D eigenvalue weighted by Crippen LogP contribution is -2.42. The smallest absolute Gasteiger partial charge is 0.0473 e. The quantitative estimate of drug-likeness (QED) is 0.806. The van der Waals surface area contributed by atoms with E-state index in [4.69, 9.17) is 5.73 Å². The average molecular weight is 353 g/mol. The van der Waals surface area contributed by atoms with Crippen molar-refractivity contribution >= 4 is 15.9 Å². The molecule has 2 nitrogen and oxygen atoms in total. The molecule has 3 heteroatoms. The molecule has 1 aromatic rings. The van der Waals surface area contributed by atoms with Crippen molar-refractivity contribution in [3.05, 3.63) is 33.8 Å². The number of rotatable bonds is 6. The van der Waals surface area contributed by atoms with Crippen LogP contribution in [0.15, 0.2) is 22.7 Å². The van der Waals surface area contributed by atoms with Crippen LogP contribution in [0.2, 0.25) is 0 Å². The fraction of sp³-hybridized carbons (Fsp3) is 0.667. The van der Waals surface area contributed by atoms with Gasteiger partial charge in [-0.25, -0.2) is 0 Å². The zero-order valence-electron chi connectivity index (χ0n) is 13.6. The van der Waals surface area contributed by atoms with Crippen LogP contribution in [0.4, 0.5) is 0 Å². The highest BCUT2D eigenvalue weighted by atomic mass is 79.9. The monoisotopic (exact) mass is 352 g/mol. The lowest BCUT2D eigenvalue weighted by molar-refractivity contribution is 0.121. The van der Waals surface area contributed by atoms with Gasteiger partial charge in [-0.2, -0.15) is 0 Å². The molecule has 1 aliphatic carbocycles. The summed E-state index contributed by atoms with van der Waals surface area (Å²) in [5, 5.41) is 0. The van der Waals surface area contributed by atoms with Crippen molar-refractivity contribution in [1.29, 1.82) is 0 Å². The maximum atomic E-state index is 6.18. The van der Waals surface area contributed by atoms with Crippen molar-refractivity contribution in [3.8, 4) is 0 Å². The van der Waals surface area contributed by atoms with Gasteiger partial charge in [0.05, 0.1) is 0 Å². The summed E-state index contributed by atoms with van der Waals surface area (Å²) in [6.45, 7) is 8.61. The minimum absolute atomic E-state index is 0.349. The second kappa shape index (κ2) is 7.75. The number of nitrogens with zero attached hydrogens (tertiary/aromatic N) is 1. The third-order valence-corrected chi connectivity index (χ3v) is 5.45. The van der Waals surface area contributed by atoms with Crippen molar-refractivity contribution in [2.75, 3.05) is 13.1 Å². The number of halogens is 1. The number of hydrogen-bond acceptors (Lipinski definition) is 2. The van der Waals surface area contributed by atoms with Crippen LogP contribution in [0.5, 0.6) is 0 Å². The van der Waals surface area contributed by atoms with Gasteiger partial charge in [0.1, 0.15) is 0 Å². The van der Waals surface area contributed by atoms with Crippen LogP contribution in [0, 0.1) is 12.8 Å². The van der Waals surface area contributed by atoms with E-state index in [0.29, 0.717) is 24.5 Å². The Hall–Kier alpha value is -0.380. The summed E-state index contributed by atoms with van der Waals surface area (Å²) in [6.07, 6.45) is 5.41. The van der Waals surface area contributed by atoms with E-state index in [2.05, 4.69) is 59.8 Å². The topological polar surface area (TPSA) is 29.3 Å². The van der Waals surface area contributed by atoms with Crippen LogP contribution < -0.4 is 5.73 Å². The minimum atomic E-state index is 0.349. The maximum Gasteiger partial charge on any atom is 0.0473 e. The van der Waals surface area contributed by atoms with Gasteiger partial charge in [0.25, 0.3) is 0 Å². The average Bonchev–Trinajstić information content (AvgIpc) is 2.96. The summed E-state index contributed by atoms with van der Waals surface area (Å²) >= 11 is 3.60. The number of hydrogen-bond donors (Lipinski definition) is 1. The van der Waals surface area contributed by atoms with E-state index in [1.807, 2.05) is 0 Å². The Kier molecular flexibility index (Phi) is 6.27. The predicted octanol–water partition coefficient (Wildman–Crippen LogP) is 4.66. The van der Waals surface area contributed by atoms with Crippen molar-refractivity contribution in [2.24, 2.45) is 11.7 Å². The molecule has 0 heterocycles. The highest BCUT2D eigenvalue weighted by Gasteiger charge is 2.29. The molecule has 0 aromatic heterocycles. The molecule has 2 N–H and O–H groups in total. The van der Waals surface area contributed by atoms with Gasteiger partial charge in [-0.15, -0.1) is 0 Å². The Labute approximate surface area is 138 Å². The molecular weight excluding hydrogens is 324 g/mol. The first-order chi connectivity index (χ1) is 10.0. The second-order valence-corrected chi connectivity index (χ2v) is 7.64. The van der Waals surface area contributed by atoms with E-state index in [1.165, 1.54) is 41.3 Å². The summed E-state index contributed by atoms with van der Waals surface area (Å²) in [5.74, 6) is 0.677. The van der Waals surface area contributed by atoms with Crippen molar-refractivity contribution in [1.82, 2.24) is 4.90 Å². The van der Waals surface area contributed by atoms with Gasteiger partial charge in [0, 0.05) is 29.6 Å². The minimum Gasteiger partial charge on any atom is -0.329 e. The normalized spacial score (nSPS) is 17.9. The van der Waals surface area contributed by atoms with Crippen LogP contribution >= 0.6 is 15.9 Å². The lowest BCUT2D eigenvalue weighted by atomic mass is 9.99. The molecule has 0 saturated heterocycles. The van der Waals surface area contributed by atoms with Crippen LogP contribution in [-0.4, -0.2) is 24.0 Å². The van der Waals surface area contributed by atoms with Gasteiger partial charge in [-0.1, -0.05) is 54.8 Å². The molecule has 0 spiro atoms. The molecule has 1 atom stereocenters. The molecule has 0 amide bonds. The molecule has 1 unspecified atom stereocenters. The van der Waals surface area contributed by atoms with Gasteiger partial charge >= 0.3 is 0 Å². The van der Waals surface area contributed by atoms with Gasteiger partial charge in [-0.05, 0) is 42.9 Å². The summed E-state index contributed by atoms with van der Waals surface area (Å²) in [5.41, 5.74) is 8.84. The first-order valence-electron chi connectivity index (χ1n) is 8.24. The number of benzene rings is 1. The first kappa shape index (κ1) is 17.0. The van der Waals surface area contributed by atoms with Crippen LogP contribution in [-0.2, 0) is 0 Å². The summed E-state index contributed by atoms with van der Waals surface area (Å²) in [6, 6.07) is 7.75. The molecule has 1 saturated carbocycles. The van der Waals surface area contributed by atoms with Gasteiger partial charge < -0.3 is 5.73 Å². The van der Waals surface area contributed by atoms with Crippen molar-refractivity contribution < 1.29 is 0 Å². The van der Waals surface area contributed by atoms with E-state index in [-0.39, 0.29) is 0 Å². The summed E-state index contributed by atoms with van der Waals surface area (Å²) in [7, 11) is 0. The first-order valence-corrected chi connectivity index (χ1v) is 9.04. The number of aryl methyl sites for hydroxylation is 1. The Balaban J connectivity index is 2.26. The van der Waals surface area contributed by atoms with Gasteiger partial charge in [0.2, 0.25) is 0 Å². The molecule has 1 aromatic carbocycles. The van der Waals surface area contributed by atoms with E-state index in [9.17, 15) is 0 Å². The SMILES string of the molecule is Cc1cc(C(CN)N(CC(C)C)C2CCCC2)ccc1Br. The Bertz CT molecular complexity index is 453. The van der Waals surface area contributed by atoms with E-state index >= 15 is 0 Å². The van der Waals surface area contributed by atoms with Crippen LogP contribution in [0.25, 0.3) is 0 Å². The fourth-order valence-electron chi connectivity index (χ4n) is 3.53. The van der Waals surface area contributed by atoms with Crippen LogP contribution in [0.3, 0.4) is 0 Å². The third-order valence-electron chi connectivity index (χ3n) is 4.56. The van der Waals surface area contributed by atoms with Gasteiger partial charge in [0.15, 0.2) is 0 Å². The Morgan fingerprint density at radius 3 is 2.48 bits per heavy atom. The fourth-order valence-corrected chi connectivity index (χ4v) is 3.77. The second-order valence-electron chi connectivity index (χ2n) is 6.79. The predicted molar refractivity (Wildman–Crippen MR) is 94.5 cm³/mol. The largest absolute Gasteiger partial charge is 0.329 e. The Morgan fingerprint density at radius 1 is 1.29 bits per heavy atom. The molecule has 2 rings (SSSR count).